The molecule has 0 aliphatic heterocycles. The summed E-state index contributed by atoms with van der Waals surface area (Å²) < 4.78 is 5.88. The minimum absolute atomic E-state index is 0.474. The molecule has 0 radical (unpaired) electrons. The van der Waals surface area contributed by atoms with E-state index in [2.05, 4.69) is 18.0 Å². The van der Waals surface area contributed by atoms with Crippen molar-refractivity contribution in [1.29, 1.82) is 0 Å². The van der Waals surface area contributed by atoms with Gasteiger partial charge in [0, 0.05) is 12.4 Å². The van der Waals surface area contributed by atoms with Crippen LogP contribution in [0.4, 0.5) is 0 Å². The van der Waals surface area contributed by atoms with Gasteiger partial charge in [0.1, 0.15) is 0 Å². The molecule has 1 heterocycles. The standard InChI is InChI=1S/C13H19NO/c1-11-4-6-13(7-5-11)15-10-12-3-2-8-14-9-12/h2-3,8-9,11,13H,4-7,10H2,1H3. The molecule has 1 saturated carbocycles. The Hall–Kier alpha value is -0.890. The largest absolute Gasteiger partial charge is 0.373 e. The molecule has 2 rings (SSSR count). The third kappa shape index (κ3) is 3.31. The smallest absolute Gasteiger partial charge is 0.0735 e. The zero-order valence-corrected chi connectivity index (χ0v) is 9.36. The van der Waals surface area contributed by atoms with Crippen molar-refractivity contribution in [3.8, 4) is 0 Å². The van der Waals surface area contributed by atoms with E-state index in [1.54, 1.807) is 6.20 Å². The van der Waals surface area contributed by atoms with Gasteiger partial charge in [-0.1, -0.05) is 13.0 Å². The highest BCUT2D eigenvalue weighted by molar-refractivity contribution is 5.06. The van der Waals surface area contributed by atoms with Crippen molar-refractivity contribution < 1.29 is 4.74 Å². The Labute approximate surface area is 91.7 Å². The summed E-state index contributed by atoms with van der Waals surface area (Å²) in [6.45, 7) is 3.05. The fourth-order valence-electron chi connectivity index (χ4n) is 2.09. The van der Waals surface area contributed by atoms with E-state index in [-0.39, 0.29) is 0 Å². The van der Waals surface area contributed by atoms with Crippen molar-refractivity contribution in [1.82, 2.24) is 4.98 Å². The molecule has 1 fully saturated rings. The molecule has 1 aromatic heterocycles. The van der Waals surface area contributed by atoms with E-state index in [9.17, 15) is 0 Å². The van der Waals surface area contributed by atoms with Gasteiger partial charge >= 0.3 is 0 Å². The van der Waals surface area contributed by atoms with Gasteiger partial charge in [-0.2, -0.15) is 0 Å². The van der Waals surface area contributed by atoms with E-state index < -0.39 is 0 Å². The number of nitrogens with zero attached hydrogens (tertiary/aromatic N) is 1. The van der Waals surface area contributed by atoms with Crippen LogP contribution in [0.1, 0.15) is 38.2 Å². The lowest BCUT2D eigenvalue weighted by Crippen LogP contribution is -2.20. The van der Waals surface area contributed by atoms with Crippen LogP contribution in [0.2, 0.25) is 0 Å². The fourth-order valence-corrected chi connectivity index (χ4v) is 2.09. The maximum Gasteiger partial charge on any atom is 0.0735 e. The molecule has 0 unspecified atom stereocenters. The lowest BCUT2D eigenvalue weighted by Gasteiger charge is -2.26. The summed E-state index contributed by atoms with van der Waals surface area (Å²) >= 11 is 0. The molecule has 0 saturated heterocycles. The van der Waals surface area contributed by atoms with Crippen molar-refractivity contribution in [2.75, 3.05) is 0 Å². The highest BCUT2D eigenvalue weighted by Crippen LogP contribution is 2.25. The second kappa shape index (κ2) is 5.26. The van der Waals surface area contributed by atoms with Crippen molar-refractivity contribution >= 4 is 0 Å². The summed E-state index contributed by atoms with van der Waals surface area (Å²) in [5, 5.41) is 0. The van der Waals surface area contributed by atoms with Crippen LogP contribution >= 0.6 is 0 Å². The number of hydrogen-bond donors (Lipinski definition) is 0. The van der Waals surface area contributed by atoms with Crippen LogP contribution in [0.5, 0.6) is 0 Å². The molecule has 1 aliphatic carbocycles. The first-order chi connectivity index (χ1) is 7.34. The molecule has 1 aromatic rings. The molecule has 15 heavy (non-hydrogen) atoms. The predicted molar refractivity (Wildman–Crippen MR) is 60.4 cm³/mol. The first-order valence-electron chi connectivity index (χ1n) is 5.85. The highest BCUT2D eigenvalue weighted by atomic mass is 16.5. The molecule has 0 aromatic carbocycles. The van der Waals surface area contributed by atoms with E-state index in [0.717, 1.165) is 5.92 Å². The van der Waals surface area contributed by atoms with Gasteiger partial charge in [0.2, 0.25) is 0 Å². The number of aromatic nitrogens is 1. The molecule has 1 aliphatic rings. The van der Waals surface area contributed by atoms with Gasteiger partial charge in [-0.15, -0.1) is 0 Å². The highest BCUT2D eigenvalue weighted by Gasteiger charge is 2.18. The molecule has 0 atom stereocenters. The Morgan fingerprint density at radius 2 is 2.13 bits per heavy atom. The van der Waals surface area contributed by atoms with Crippen LogP contribution < -0.4 is 0 Å². The second-order valence-corrected chi connectivity index (χ2v) is 4.55. The van der Waals surface area contributed by atoms with Crippen LogP contribution in [-0.4, -0.2) is 11.1 Å². The third-order valence-electron chi connectivity index (χ3n) is 3.17. The second-order valence-electron chi connectivity index (χ2n) is 4.55. The number of pyridine rings is 1. The average Bonchev–Trinajstić information content (AvgIpc) is 2.30. The molecular weight excluding hydrogens is 186 g/mol. The van der Waals surface area contributed by atoms with Crippen molar-refractivity contribution in [3.05, 3.63) is 30.1 Å². The summed E-state index contributed by atoms with van der Waals surface area (Å²) in [7, 11) is 0. The van der Waals surface area contributed by atoms with E-state index in [0.29, 0.717) is 12.7 Å². The topological polar surface area (TPSA) is 22.1 Å². The SMILES string of the molecule is CC1CCC(OCc2cccnc2)CC1. The lowest BCUT2D eigenvalue weighted by molar-refractivity contribution is 0.00866. The van der Waals surface area contributed by atoms with Crippen LogP contribution in [0.25, 0.3) is 0 Å². The van der Waals surface area contributed by atoms with Crippen molar-refractivity contribution in [2.45, 2.75) is 45.3 Å². The first-order valence-corrected chi connectivity index (χ1v) is 5.85. The molecule has 2 nitrogen and oxygen atoms in total. The van der Waals surface area contributed by atoms with Crippen molar-refractivity contribution in [3.63, 3.8) is 0 Å². The molecule has 0 spiro atoms. The van der Waals surface area contributed by atoms with Gasteiger partial charge in [-0.25, -0.2) is 0 Å². The third-order valence-corrected chi connectivity index (χ3v) is 3.17. The molecular formula is C13H19NO. The van der Waals surface area contributed by atoms with E-state index in [1.807, 2.05) is 12.3 Å². The molecule has 0 amide bonds. The molecule has 0 bridgehead atoms. The number of hydrogen-bond acceptors (Lipinski definition) is 2. The van der Waals surface area contributed by atoms with E-state index in [4.69, 9.17) is 4.74 Å². The number of rotatable bonds is 3. The summed E-state index contributed by atoms with van der Waals surface area (Å²) in [5.41, 5.74) is 1.18. The zero-order valence-electron chi connectivity index (χ0n) is 9.36. The van der Waals surface area contributed by atoms with Gasteiger partial charge in [0.05, 0.1) is 12.7 Å². The molecule has 0 N–H and O–H groups in total. The summed E-state index contributed by atoms with van der Waals surface area (Å²) in [4.78, 5) is 4.08. The van der Waals surface area contributed by atoms with E-state index in [1.165, 1.54) is 31.2 Å². The van der Waals surface area contributed by atoms with Gasteiger partial charge in [-0.3, -0.25) is 4.98 Å². The summed E-state index contributed by atoms with van der Waals surface area (Å²) in [6, 6.07) is 4.03. The molecule has 82 valence electrons. The fraction of sp³-hybridized carbons (Fsp3) is 0.615. The summed E-state index contributed by atoms with van der Waals surface area (Å²) in [5.74, 6) is 0.892. The zero-order chi connectivity index (χ0) is 10.5. The van der Waals surface area contributed by atoms with E-state index >= 15 is 0 Å². The number of ether oxygens (including phenoxy) is 1. The maximum absolute atomic E-state index is 5.88. The predicted octanol–water partition coefficient (Wildman–Crippen LogP) is 3.18. The van der Waals surface area contributed by atoms with Crippen LogP contribution in [0.3, 0.4) is 0 Å². The molecule has 2 heteroatoms. The first kappa shape index (κ1) is 10.6. The normalized spacial score (nSPS) is 26.5. The van der Waals surface area contributed by atoms with Crippen LogP contribution in [-0.2, 0) is 11.3 Å². The maximum atomic E-state index is 5.88. The minimum Gasteiger partial charge on any atom is -0.373 e. The average molecular weight is 205 g/mol. The monoisotopic (exact) mass is 205 g/mol. The Balaban J connectivity index is 1.74. The summed E-state index contributed by atoms with van der Waals surface area (Å²) in [6.07, 6.45) is 9.23. The Kier molecular flexibility index (Phi) is 3.73. The van der Waals surface area contributed by atoms with Gasteiger partial charge in [-0.05, 0) is 43.2 Å². The Morgan fingerprint density at radius 3 is 2.80 bits per heavy atom. The van der Waals surface area contributed by atoms with Crippen molar-refractivity contribution in [2.24, 2.45) is 5.92 Å². The van der Waals surface area contributed by atoms with Gasteiger partial charge < -0.3 is 4.74 Å². The Bertz CT molecular complexity index is 278. The van der Waals surface area contributed by atoms with Gasteiger partial charge in [0.25, 0.3) is 0 Å². The quantitative estimate of drug-likeness (QED) is 0.756. The lowest BCUT2D eigenvalue weighted by atomic mass is 9.89. The Morgan fingerprint density at radius 1 is 1.33 bits per heavy atom. The minimum atomic E-state index is 0.474. The van der Waals surface area contributed by atoms with Crippen LogP contribution in [0, 0.1) is 5.92 Å². The van der Waals surface area contributed by atoms with Crippen LogP contribution in [0.15, 0.2) is 24.5 Å². The van der Waals surface area contributed by atoms with Gasteiger partial charge in [0.15, 0.2) is 0 Å².